The molecule has 1 fully saturated rings. The Labute approximate surface area is 182 Å². The van der Waals surface area contributed by atoms with E-state index < -0.39 is 6.09 Å². The van der Waals surface area contributed by atoms with E-state index in [9.17, 15) is 9.59 Å². The second-order valence-electron chi connectivity index (χ2n) is 8.33. The first kappa shape index (κ1) is 21.1. The molecule has 1 saturated carbocycles. The summed E-state index contributed by atoms with van der Waals surface area (Å²) >= 11 is 0. The van der Waals surface area contributed by atoms with Gasteiger partial charge in [0.15, 0.2) is 0 Å². The zero-order valence-corrected chi connectivity index (χ0v) is 17.8. The maximum Gasteiger partial charge on any atom is 0.404 e. The van der Waals surface area contributed by atoms with E-state index >= 15 is 0 Å². The maximum absolute atomic E-state index is 11.3. The molecule has 0 atom stereocenters. The van der Waals surface area contributed by atoms with Gasteiger partial charge < -0.3 is 20.6 Å². The Morgan fingerprint density at radius 3 is 2.77 bits per heavy atom. The van der Waals surface area contributed by atoms with Crippen molar-refractivity contribution in [3.8, 4) is 11.1 Å². The van der Waals surface area contributed by atoms with Crippen LogP contribution in [0.3, 0.4) is 0 Å². The molecular formula is C23H29N5O3. The quantitative estimate of drug-likeness (QED) is 0.455. The van der Waals surface area contributed by atoms with Crippen LogP contribution in [0.25, 0.3) is 11.1 Å². The molecule has 1 aromatic carbocycles. The van der Waals surface area contributed by atoms with Crippen molar-refractivity contribution in [3.05, 3.63) is 35.5 Å². The predicted molar refractivity (Wildman–Crippen MR) is 120 cm³/mol. The van der Waals surface area contributed by atoms with Crippen LogP contribution >= 0.6 is 0 Å². The van der Waals surface area contributed by atoms with E-state index in [1.807, 2.05) is 24.4 Å². The van der Waals surface area contributed by atoms with E-state index in [0.717, 1.165) is 73.9 Å². The molecule has 1 amide bonds. The van der Waals surface area contributed by atoms with Gasteiger partial charge in [-0.2, -0.15) is 4.98 Å². The number of carboxylic acid groups (broad SMARTS) is 1. The Hall–Kier alpha value is -3.16. The standard InChI is InChI=1S/C23H29N5O3/c1-2-3-10-24-22-25-12-20-19-9-4-15(14-29)11-16(19)13-28(21(20)27-22)18-7-5-17(6-8-18)26-23(30)31/h4,9,11-12,14,17-18,26H,2-3,5-8,10,13H2,1H3,(H,30,31)(H,24,25,27)/t17-,18-. The third-order valence-electron chi connectivity index (χ3n) is 6.22. The van der Waals surface area contributed by atoms with Crippen LogP contribution < -0.4 is 15.5 Å². The fraction of sp³-hybridized carbons (Fsp3) is 0.478. The first-order valence-electron chi connectivity index (χ1n) is 11.0. The van der Waals surface area contributed by atoms with E-state index in [4.69, 9.17) is 10.1 Å². The first-order chi connectivity index (χ1) is 15.1. The first-order valence-corrected chi connectivity index (χ1v) is 11.0. The minimum atomic E-state index is -0.961. The van der Waals surface area contributed by atoms with Gasteiger partial charge in [0.05, 0.1) is 0 Å². The summed E-state index contributed by atoms with van der Waals surface area (Å²) < 4.78 is 0. The van der Waals surface area contributed by atoms with Crippen molar-refractivity contribution in [2.45, 2.75) is 64.1 Å². The Balaban J connectivity index is 1.63. The molecule has 0 spiro atoms. The Morgan fingerprint density at radius 2 is 2.06 bits per heavy atom. The molecule has 3 N–H and O–H groups in total. The van der Waals surface area contributed by atoms with Crippen molar-refractivity contribution in [2.75, 3.05) is 16.8 Å². The molecule has 1 aromatic heterocycles. The summed E-state index contributed by atoms with van der Waals surface area (Å²) in [6.07, 6.45) is 7.32. The summed E-state index contributed by atoms with van der Waals surface area (Å²) in [6.45, 7) is 3.66. The smallest absolute Gasteiger partial charge is 0.404 e. The van der Waals surface area contributed by atoms with Crippen molar-refractivity contribution in [2.24, 2.45) is 0 Å². The Morgan fingerprint density at radius 1 is 1.26 bits per heavy atom. The zero-order valence-electron chi connectivity index (χ0n) is 17.8. The largest absolute Gasteiger partial charge is 0.465 e. The number of aldehydes is 1. The van der Waals surface area contributed by atoms with Crippen LogP contribution in [-0.4, -0.2) is 46.1 Å². The molecule has 0 bridgehead atoms. The highest BCUT2D eigenvalue weighted by Gasteiger charge is 2.32. The molecule has 8 nitrogen and oxygen atoms in total. The molecule has 4 rings (SSSR count). The monoisotopic (exact) mass is 423 g/mol. The van der Waals surface area contributed by atoms with Crippen molar-refractivity contribution < 1.29 is 14.7 Å². The average Bonchev–Trinajstić information content (AvgIpc) is 2.78. The summed E-state index contributed by atoms with van der Waals surface area (Å²) in [5.74, 6) is 1.54. The Bertz CT molecular complexity index is 956. The SMILES string of the molecule is CCCCNc1ncc2c(n1)N([C@H]1CC[C@H](NC(=O)O)CC1)Cc1cc(C=O)ccc1-2. The molecule has 2 aromatic rings. The molecule has 1 aliphatic carbocycles. The molecule has 8 heteroatoms. The van der Waals surface area contributed by atoms with Gasteiger partial charge in [0.1, 0.15) is 12.1 Å². The molecule has 2 heterocycles. The van der Waals surface area contributed by atoms with Crippen LogP contribution in [0.2, 0.25) is 0 Å². The number of nitrogens with one attached hydrogen (secondary N) is 2. The molecular weight excluding hydrogens is 394 g/mol. The van der Waals surface area contributed by atoms with Gasteiger partial charge in [-0.15, -0.1) is 0 Å². The number of aromatic nitrogens is 2. The van der Waals surface area contributed by atoms with Crippen molar-refractivity contribution in [1.82, 2.24) is 15.3 Å². The summed E-state index contributed by atoms with van der Waals surface area (Å²) in [4.78, 5) is 34.0. The molecule has 0 saturated heterocycles. The highest BCUT2D eigenvalue weighted by Crippen LogP contribution is 2.41. The number of rotatable bonds is 7. The van der Waals surface area contributed by atoms with Gasteiger partial charge in [0.2, 0.25) is 5.95 Å². The highest BCUT2D eigenvalue weighted by molar-refractivity contribution is 5.85. The summed E-state index contributed by atoms with van der Waals surface area (Å²) in [7, 11) is 0. The molecule has 0 radical (unpaired) electrons. The predicted octanol–water partition coefficient (Wildman–Crippen LogP) is 4.07. The number of fused-ring (bicyclic) bond motifs is 3. The van der Waals surface area contributed by atoms with Crippen LogP contribution in [0.15, 0.2) is 24.4 Å². The van der Waals surface area contributed by atoms with E-state index in [2.05, 4.69) is 27.4 Å². The minimum Gasteiger partial charge on any atom is -0.465 e. The van der Waals surface area contributed by atoms with Crippen LogP contribution in [0.5, 0.6) is 0 Å². The fourth-order valence-corrected chi connectivity index (χ4v) is 4.59. The summed E-state index contributed by atoms with van der Waals surface area (Å²) in [6, 6.07) is 6.03. The van der Waals surface area contributed by atoms with Gasteiger partial charge in [0, 0.05) is 42.5 Å². The van der Waals surface area contributed by atoms with Gasteiger partial charge in [-0.05, 0) is 49.3 Å². The van der Waals surface area contributed by atoms with Crippen LogP contribution in [0, 0.1) is 0 Å². The van der Waals surface area contributed by atoms with Crippen LogP contribution in [0.4, 0.5) is 16.6 Å². The molecule has 1 aliphatic heterocycles. The van der Waals surface area contributed by atoms with Gasteiger partial charge in [-0.25, -0.2) is 9.78 Å². The summed E-state index contributed by atoms with van der Waals surface area (Å²) in [5.41, 5.74) is 3.80. The second-order valence-corrected chi connectivity index (χ2v) is 8.33. The number of hydrogen-bond donors (Lipinski definition) is 3. The number of benzene rings is 1. The van der Waals surface area contributed by atoms with Gasteiger partial charge in [-0.1, -0.05) is 25.5 Å². The highest BCUT2D eigenvalue weighted by atomic mass is 16.4. The number of carbonyl (C=O) groups excluding carboxylic acids is 1. The van der Waals surface area contributed by atoms with Crippen molar-refractivity contribution in [1.29, 1.82) is 0 Å². The third kappa shape index (κ3) is 4.62. The van der Waals surface area contributed by atoms with Gasteiger partial charge >= 0.3 is 6.09 Å². The lowest BCUT2D eigenvalue weighted by Crippen LogP contribution is -2.44. The lowest BCUT2D eigenvalue weighted by atomic mass is 9.87. The van der Waals surface area contributed by atoms with Gasteiger partial charge in [0.25, 0.3) is 0 Å². The number of nitrogens with zero attached hydrogens (tertiary/aromatic N) is 3. The molecule has 31 heavy (non-hydrogen) atoms. The average molecular weight is 424 g/mol. The minimum absolute atomic E-state index is 0.00336. The Kier molecular flexibility index (Phi) is 6.34. The van der Waals surface area contributed by atoms with Crippen LogP contribution in [-0.2, 0) is 6.54 Å². The van der Waals surface area contributed by atoms with E-state index in [-0.39, 0.29) is 12.1 Å². The second kappa shape index (κ2) is 9.32. The normalized spacial score (nSPS) is 19.8. The van der Waals surface area contributed by atoms with E-state index in [0.29, 0.717) is 18.1 Å². The zero-order chi connectivity index (χ0) is 21.8. The third-order valence-corrected chi connectivity index (χ3v) is 6.22. The number of amides is 1. The van der Waals surface area contributed by atoms with Crippen molar-refractivity contribution in [3.63, 3.8) is 0 Å². The maximum atomic E-state index is 11.3. The fourth-order valence-electron chi connectivity index (χ4n) is 4.59. The number of carbonyl (C=O) groups is 2. The van der Waals surface area contributed by atoms with E-state index in [1.54, 1.807) is 0 Å². The lowest BCUT2D eigenvalue weighted by molar-refractivity contribution is 0.112. The number of unbranched alkanes of at least 4 members (excludes halogenated alkanes) is 1. The van der Waals surface area contributed by atoms with Crippen LogP contribution in [0.1, 0.15) is 61.4 Å². The number of anilines is 2. The van der Waals surface area contributed by atoms with Crippen molar-refractivity contribution >= 4 is 24.1 Å². The summed E-state index contributed by atoms with van der Waals surface area (Å²) in [5, 5.41) is 15.0. The van der Waals surface area contributed by atoms with Gasteiger partial charge in [-0.3, -0.25) is 4.79 Å². The topological polar surface area (TPSA) is 107 Å². The molecule has 164 valence electrons. The molecule has 0 unspecified atom stereocenters. The number of hydrogen-bond acceptors (Lipinski definition) is 6. The lowest BCUT2D eigenvalue weighted by Gasteiger charge is -2.41. The van der Waals surface area contributed by atoms with E-state index in [1.165, 1.54) is 0 Å². The molecule has 2 aliphatic rings.